The fourth-order valence-electron chi connectivity index (χ4n) is 2.46. The lowest BCUT2D eigenvalue weighted by Crippen LogP contribution is -2.18. The number of hydrogen-bond donors (Lipinski definition) is 1. The van der Waals surface area contributed by atoms with Gasteiger partial charge in [0.25, 0.3) is 0 Å². The average Bonchev–Trinajstić information content (AvgIpc) is 2.82. The van der Waals surface area contributed by atoms with Gasteiger partial charge in [0.2, 0.25) is 0 Å². The number of halogens is 2. The van der Waals surface area contributed by atoms with Crippen molar-refractivity contribution in [2.75, 3.05) is 0 Å². The van der Waals surface area contributed by atoms with Gasteiger partial charge in [0, 0.05) is 6.04 Å². The van der Waals surface area contributed by atoms with E-state index in [0.29, 0.717) is 5.92 Å². The van der Waals surface area contributed by atoms with E-state index in [1.54, 1.807) is 24.3 Å². The van der Waals surface area contributed by atoms with E-state index >= 15 is 0 Å². The minimum absolute atomic E-state index is 0.0121. The van der Waals surface area contributed by atoms with Gasteiger partial charge in [-0.1, -0.05) is 25.0 Å². The van der Waals surface area contributed by atoms with Crippen LogP contribution in [0.1, 0.15) is 37.3 Å². The van der Waals surface area contributed by atoms with E-state index in [2.05, 4.69) is 4.74 Å². The molecule has 1 fully saturated rings. The molecule has 1 aliphatic carbocycles. The average molecular weight is 241 g/mol. The molecule has 4 heteroatoms. The van der Waals surface area contributed by atoms with Crippen LogP contribution in [0.4, 0.5) is 8.78 Å². The first-order valence-corrected chi connectivity index (χ1v) is 5.97. The first-order chi connectivity index (χ1) is 8.16. The second-order valence-corrected chi connectivity index (χ2v) is 4.52. The molecule has 0 radical (unpaired) electrons. The quantitative estimate of drug-likeness (QED) is 0.875. The predicted molar refractivity (Wildman–Crippen MR) is 62.0 cm³/mol. The third kappa shape index (κ3) is 3.16. The van der Waals surface area contributed by atoms with Gasteiger partial charge in [-0.3, -0.25) is 0 Å². The molecule has 0 amide bonds. The number of benzene rings is 1. The highest BCUT2D eigenvalue weighted by Crippen LogP contribution is 2.34. The standard InChI is InChI=1S/C13H17F2NO/c14-13(15)17-11-7-5-10(6-8-11)12(16)9-3-1-2-4-9/h5-9,12-13H,1-4,16H2. The monoisotopic (exact) mass is 241 g/mol. The lowest BCUT2D eigenvalue weighted by Gasteiger charge is -2.19. The van der Waals surface area contributed by atoms with Crippen molar-refractivity contribution in [1.29, 1.82) is 0 Å². The molecule has 2 rings (SSSR count). The molecule has 17 heavy (non-hydrogen) atoms. The predicted octanol–water partition coefficient (Wildman–Crippen LogP) is 3.48. The zero-order chi connectivity index (χ0) is 12.3. The van der Waals surface area contributed by atoms with Crippen LogP contribution >= 0.6 is 0 Å². The molecule has 0 saturated heterocycles. The zero-order valence-electron chi connectivity index (χ0n) is 9.61. The van der Waals surface area contributed by atoms with E-state index < -0.39 is 6.61 Å². The van der Waals surface area contributed by atoms with E-state index in [4.69, 9.17) is 5.73 Å². The lowest BCUT2D eigenvalue weighted by atomic mass is 9.92. The molecular weight excluding hydrogens is 224 g/mol. The number of nitrogens with two attached hydrogens (primary N) is 1. The van der Waals surface area contributed by atoms with Crippen LogP contribution in [0.5, 0.6) is 5.75 Å². The van der Waals surface area contributed by atoms with Crippen LogP contribution in [-0.2, 0) is 0 Å². The van der Waals surface area contributed by atoms with Gasteiger partial charge >= 0.3 is 6.61 Å². The van der Waals surface area contributed by atoms with Crippen LogP contribution < -0.4 is 10.5 Å². The topological polar surface area (TPSA) is 35.2 Å². The van der Waals surface area contributed by atoms with E-state index in [9.17, 15) is 8.78 Å². The maximum atomic E-state index is 12.0. The van der Waals surface area contributed by atoms with Crippen molar-refractivity contribution in [3.8, 4) is 5.75 Å². The summed E-state index contributed by atoms with van der Waals surface area (Å²) in [5.41, 5.74) is 7.16. The van der Waals surface area contributed by atoms with Crippen molar-refractivity contribution in [3.63, 3.8) is 0 Å². The Morgan fingerprint density at radius 1 is 1.12 bits per heavy atom. The van der Waals surface area contributed by atoms with Crippen LogP contribution in [0.25, 0.3) is 0 Å². The minimum atomic E-state index is -2.77. The fourth-order valence-corrected chi connectivity index (χ4v) is 2.46. The molecule has 0 spiro atoms. The Kier molecular flexibility index (Phi) is 3.94. The van der Waals surface area contributed by atoms with Gasteiger partial charge in [0.05, 0.1) is 0 Å². The molecule has 1 atom stereocenters. The summed E-state index contributed by atoms with van der Waals surface area (Å²) in [6, 6.07) is 6.67. The maximum Gasteiger partial charge on any atom is 0.387 e. The molecule has 1 saturated carbocycles. The number of ether oxygens (including phenoxy) is 1. The smallest absolute Gasteiger partial charge is 0.387 e. The highest BCUT2D eigenvalue weighted by molar-refractivity contribution is 5.29. The summed E-state index contributed by atoms with van der Waals surface area (Å²) in [5.74, 6) is 0.708. The molecule has 0 heterocycles. The summed E-state index contributed by atoms with van der Waals surface area (Å²) in [6.45, 7) is -2.77. The third-order valence-electron chi connectivity index (χ3n) is 3.40. The van der Waals surface area contributed by atoms with Gasteiger partial charge in [-0.25, -0.2) is 0 Å². The number of alkyl halides is 2. The Labute approximate surface area is 99.8 Å². The van der Waals surface area contributed by atoms with E-state index in [1.807, 2.05) is 0 Å². The molecule has 2 nitrogen and oxygen atoms in total. The van der Waals surface area contributed by atoms with Gasteiger partial charge in [0.15, 0.2) is 0 Å². The molecular formula is C13H17F2NO. The Bertz CT molecular complexity index is 347. The van der Waals surface area contributed by atoms with Crippen LogP contribution in [0.15, 0.2) is 24.3 Å². The summed E-state index contributed by atoms with van der Waals surface area (Å²) in [7, 11) is 0. The van der Waals surface area contributed by atoms with Crippen molar-refractivity contribution in [2.45, 2.75) is 38.3 Å². The van der Waals surface area contributed by atoms with Crippen molar-refractivity contribution < 1.29 is 13.5 Å². The highest BCUT2D eigenvalue weighted by Gasteiger charge is 2.23. The lowest BCUT2D eigenvalue weighted by molar-refractivity contribution is -0.0498. The van der Waals surface area contributed by atoms with E-state index in [1.165, 1.54) is 12.8 Å². The minimum Gasteiger partial charge on any atom is -0.435 e. The number of hydrogen-bond acceptors (Lipinski definition) is 2. The van der Waals surface area contributed by atoms with E-state index in [-0.39, 0.29) is 11.8 Å². The summed E-state index contributed by atoms with van der Waals surface area (Å²) in [4.78, 5) is 0. The summed E-state index contributed by atoms with van der Waals surface area (Å²) in [6.07, 6.45) is 4.81. The second kappa shape index (κ2) is 5.45. The first kappa shape index (κ1) is 12.3. The molecule has 94 valence electrons. The second-order valence-electron chi connectivity index (χ2n) is 4.52. The van der Waals surface area contributed by atoms with Crippen molar-refractivity contribution in [1.82, 2.24) is 0 Å². The summed E-state index contributed by atoms with van der Waals surface area (Å²) in [5, 5.41) is 0. The fraction of sp³-hybridized carbons (Fsp3) is 0.538. The molecule has 0 aromatic heterocycles. The molecule has 1 aromatic rings. The Balaban J connectivity index is 2.01. The molecule has 1 aliphatic rings. The zero-order valence-corrected chi connectivity index (χ0v) is 9.61. The normalized spacial score (nSPS) is 18.6. The highest BCUT2D eigenvalue weighted by atomic mass is 19.3. The molecule has 1 unspecified atom stereocenters. The molecule has 2 N–H and O–H groups in total. The number of rotatable bonds is 4. The Morgan fingerprint density at radius 2 is 1.71 bits per heavy atom. The van der Waals surface area contributed by atoms with E-state index in [0.717, 1.165) is 18.4 Å². The van der Waals surface area contributed by atoms with Gasteiger partial charge in [-0.15, -0.1) is 0 Å². The van der Waals surface area contributed by atoms with Crippen LogP contribution in [0.2, 0.25) is 0 Å². The summed E-state index contributed by atoms with van der Waals surface area (Å²) >= 11 is 0. The summed E-state index contributed by atoms with van der Waals surface area (Å²) < 4.78 is 28.3. The van der Waals surface area contributed by atoms with Gasteiger partial charge in [-0.2, -0.15) is 8.78 Å². The van der Waals surface area contributed by atoms with Crippen molar-refractivity contribution in [2.24, 2.45) is 11.7 Å². The van der Waals surface area contributed by atoms with Gasteiger partial charge in [-0.05, 0) is 36.5 Å². The maximum absolute atomic E-state index is 12.0. The Morgan fingerprint density at radius 3 is 2.24 bits per heavy atom. The largest absolute Gasteiger partial charge is 0.435 e. The van der Waals surface area contributed by atoms with Crippen molar-refractivity contribution in [3.05, 3.63) is 29.8 Å². The van der Waals surface area contributed by atoms with Crippen LogP contribution in [-0.4, -0.2) is 6.61 Å². The van der Waals surface area contributed by atoms with Crippen LogP contribution in [0, 0.1) is 5.92 Å². The Hall–Kier alpha value is -1.16. The molecule has 0 bridgehead atoms. The van der Waals surface area contributed by atoms with Gasteiger partial charge in [0.1, 0.15) is 5.75 Å². The SMILES string of the molecule is NC(c1ccc(OC(F)F)cc1)C1CCCC1. The van der Waals surface area contributed by atoms with Crippen molar-refractivity contribution >= 4 is 0 Å². The van der Waals surface area contributed by atoms with Crippen LogP contribution in [0.3, 0.4) is 0 Å². The third-order valence-corrected chi connectivity index (χ3v) is 3.40. The van der Waals surface area contributed by atoms with Gasteiger partial charge < -0.3 is 10.5 Å². The molecule has 0 aliphatic heterocycles. The molecule has 1 aromatic carbocycles. The first-order valence-electron chi connectivity index (χ1n) is 5.97.